The smallest absolute Gasteiger partial charge is 0.171 e. The van der Waals surface area contributed by atoms with Gasteiger partial charge < -0.3 is 15.5 Å². The van der Waals surface area contributed by atoms with Gasteiger partial charge in [0.15, 0.2) is 5.11 Å². The maximum atomic E-state index is 13.6. The van der Waals surface area contributed by atoms with Gasteiger partial charge in [-0.25, -0.2) is 8.78 Å². The first-order chi connectivity index (χ1) is 12.1. The topological polar surface area (TPSA) is 27.3 Å². The van der Waals surface area contributed by atoms with Crippen LogP contribution in [-0.4, -0.2) is 18.2 Å². The summed E-state index contributed by atoms with van der Waals surface area (Å²) in [6.45, 7) is 2.78. The molecule has 0 unspecified atom stereocenters. The molecule has 2 aromatic rings. The second kappa shape index (κ2) is 8.25. The van der Waals surface area contributed by atoms with Crippen LogP contribution in [0.25, 0.3) is 0 Å². The van der Waals surface area contributed by atoms with E-state index < -0.39 is 11.6 Å². The van der Waals surface area contributed by atoms with E-state index in [0.29, 0.717) is 11.7 Å². The van der Waals surface area contributed by atoms with Gasteiger partial charge in [0.25, 0.3) is 0 Å². The lowest BCUT2D eigenvalue weighted by molar-refractivity contribution is 0.578. The highest BCUT2D eigenvalue weighted by Crippen LogP contribution is 2.20. The standard InChI is InChI=1S/C19H21F2N3S/c20-15-6-9-18(17(21)12-15)23-19(25)22-13-14-4-7-16(8-5-14)24-10-2-1-3-11-24/h4-9,12H,1-3,10-11,13H2,(H2,22,23,25). The van der Waals surface area contributed by atoms with Crippen LogP contribution in [0.1, 0.15) is 24.8 Å². The number of piperidine rings is 1. The second-order valence-corrected chi connectivity index (χ2v) is 6.55. The molecule has 0 aromatic heterocycles. The fourth-order valence-electron chi connectivity index (χ4n) is 2.92. The highest BCUT2D eigenvalue weighted by molar-refractivity contribution is 7.80. The summed E-state index contributed by atoms with van der Waals surface area (Å²) in [5.41, 5.74) is 2.49. The lowest BCUT2D eigenvalue weighted by Crippen LogP contribution is -2.29. The number of nitrogens with zero attached hydrogens (tertiary/aromatic N) is 1. The number of halogens is 2. The molecule has 0 atom stereocenters. The number of rotatable bonds is 4. The van der Waals surface area contributed by atoms with Crippen molar-refractivity contribution in [2.75, 3.05) is 23.3 Å². The average molecular weight is 361 g/mol. The first-order valence-electron chi connectivity index (χ1n) is 8.45. The molecule has 1 saturated heterocycles. The zero-order chi connectivity index (χ0) is 17.6. The Kier molecular flexibility index (Phi) is 5.81. The predicted molar refractivity (Wildman–Crippen MR) is 102 cm³/mol. The zero-order valence-electron chi connectivity index (χ0n) is 13.9. The fraction of sp³-hybridized carbons (Fsp3) is 0.316. The van der Waals surface area contributed by atoms with E-state index in [4.69, 9.17) is 12.2 Å². The minimum absolute atomic E-state index is 0.152. The summed E-state index contributed by atoms with van der Waals surface area (Å²) in [6, 6.07) is 11.7. The molecule has 0 amide bonds. The van der Waals surface area contributed by atoms with Crippen molar-refractivity contribution in [3.05, 3.63) is 59.7 Å². The Morgan fingerprint density at radius 2 is 1.72 bits per heavy atom. The molecule has 0 radical (unpaired) electrons. The summed E-state index contributed by atoms with van der Waals surface area (Å²) in [5, 5.41) is 6.07. The van der Waals surface area contributed by atoms with Crippen molar-refractivity contribution in [2.24, 2.45) is 0 Å². The summed E-state index contributed by atoms with van der Waals surface area (Å²) in [5.74, 6) is -1.29. The van der Waals surface area contributed by atoms with Crippen molar-refractivity contribution in [2.45, 2.75) is 25.8 Å². The summed E-state index contributed by atoms with van der Waals surface area (Å²) in [4.78, 5) is 2.41. The van der Waals surface area contributed by atoms with Crippen molar-refractivity contribution in [3.8, 4) is 0 Å². The van der Waals surface area contributed by atoms with Crippen molar-refractivity contribution in [1.29, 1.82) is 0 Å². The Morgan fingerprint density at radius 3 is 2.40 bits per heavy atom. The molecule has 1 aliphatic heterocycles. The summed E-state index contributed by atoms with van der Waals surface area (Å²) >= 11 is 5.16. The summed E-state index contributed by atoms with van der Waals surface area (Å²) < 4.78 is 26.5. The quantitative estimate of drug-likeness (QED) is 0.787. The molecular formula is C19H21F2N3S. The molecule has 0 saturated carbocycles. The van der Waals surface area contributed by atoms with Gasteiger partial charge in [0.05, 0.1) is 5.69 Å². The van der Waals surface area contributed by atoms with Gasteiger partial charge in [-0.15, -0.1) is 0 Å². The first kappa shape index (κ1) is 17.6. The number of thiocarbonyl (C=S) groups is 1. The number of hydrogen-bond acceptors (Lipinski definition) is 2. The molecule has 0 aliphatic carbocycles. The average Bonchev–Trinajstić information content (AvgIpc) is 2.63. The zero-order valence-corrected chi connectivity index (χ0v) is 14.7. The number of benzene rings is 2. The number of anilines is 2. The SMILES string of the molecule is Fc1ccc(NC(=S)NCc2ccc(N3CCCCC3)cc2)c(F)c1. The molecule has 25 heavy (non-hydrogen) atoms. The van der Waals surface area contributed by atoms with Crippen LogP contribution >= 0.6 is 12.2 Å². The molecule has 1 heterocycles. The van der Waals surface area contributed by atoms with Gasteiger partial charge in [0.1, 0.15) is 11.6 Å². The maximum Gasteiger partial charge on any atom is 0.171 e. The van der Waals surface area contributed by atoms with Crippen LogP contribution in [0, 0.1) is 11.6 Å². The molecule has 2 aromatic carbocycles. The number of nitrogens with one attached hydrogen (secondary N) is 2. The van der Waals surface area contributed by atoms with Crippen LogP contribution in [0.2, 0.25) is 0 Å². The highest BCUT2D eigenvalue weighted by atomic mass is 32.1. The van der Waals surface area contributed by atoms with E-state index in [1.807, 2.05) is 0 Å². The second-order valence-electron chi connectivity index (χ2n) is 6.15. The van der Waals surface area contributed by atoms with E-state index in [9.17, 15) is 8.78 Å². The van der Waals surface area contributed by atoms with Gasteiger partial charge in [-0.2, -0.15) is 0 Å². The molecule has 6 heteroatoms. The lowest BCUT2D eigenvalue weighted by Gasteiger charge is -2.28. The number of hydrogen-bond donors (Lipinski definition) is 2. The Bertz CT molecular complexity index is 728. The maximum absolute atomic E-state index is 13.6. The van der Waals surface area contributed by atoms with Gasteiger partial charge in [-0.1, -0.05) is 12.1 Å². The van der Waals surface area contributed by atoms with Gasteiger partial charge in [-0.3, -0.25) is 0 Å². The van der Waals surface area contributed by atoms with Gasteiger partial charge in [-0.05, 0) is 61.3 Å². The third-order valence-electron chi connectivity index (χ3n) is 4.29. The molecule has 3 rings (SSSR count). The molecule has 0 bridgehead atoms. The van der Waals surface area contributed by atoms with Crippen LogP contribution in [0.4, 0.5) is 20.2 Å². The van der Waals surface area contributed by atoms with Crippen LogP contribution in [0.5, 0.6) is 0 Å². The van der Waals surface area contributed by atoms with E-state index in [1.54, 1.807) is 0 Å². The Hall–Kier alpha value is -2.21. The third-order valence-corrected chi connectivity index (χ3v) is 4.54. The Morgan fingerprint density at radius 1 is 1.00 bits per heavy atom. The Labute approximate surface area is 152 Å². The van der Waals surface area contributed by atoms with Crippen LogP contribution in [-0.2, 0) is 6.54 Å². The molecular weight excluding hydrogens is 340 g/mol. The van der Waals surface area contributed by atoms with Gasteiger partial charge in [0.2, 0.25) is 0 Å². The minimum atomic E-state index is -0.671. The third kappa shape index (κ3) is 4.89. The molecule has 1 fully saturated rings. The summed E-state index contributed by atoms with van der Waals surface area (Å²) in [6.07, 6.45) is 3.82. The monoisotopic (exact) mass is 361 g/mol. The van der Waals surface area contributed by atoms with E-state index >= 15 is 0 Å². The van der Waals surface area contributed by atoms with Crippen LogP contribution < -0.4 is 15.5 Å². The van der Waals surface area contributed by atoms with Gasteiger partial charge in [0, 0.05) is 31.4 Å². The van der Waals surface area contributed by atoms with E-state index in [0.717, 1.165) is 24.7 Å². The van der Waals surface area contributed by atoms with Crippen molar-refractivity contribution < 1.29 is 8.78 Å². The van der Waals surface area contributed by atoms with Crippen LogP contribution in [0.15, 0.2) is 42.5 Å². The molecule has 1 aliphatic rings. The van der Waals surface area contributed by atoms with Gasteiger partial charge >= 0.3 is 0 Å². The molecule has 0 spiro atoms. The van der Waals surface area contributed by atoms with Crippen molar-refractivity contribution >= 4 is 28.7 Å². The molecule has 3 nitrogen and oxygen atoms in total. The van der Waals surface area contributed by atoms with E-state index in [1.165, 1.54) is 37.1 Å². The van der Waals surface area contributed by atoms with E-state index in [2.05, 4.69) is 39.8 Å². The molecule has 132 valence electrons. The fourth-order valence-corrected chi connectivity index (χ4v) is 3.10. The Balaban J connectivity index is 1.51. The highest BCUT2D eigenvalue weighted by Gasteiger charge is 2.10. The summed E-state index contributed by atoms with van der Waals surface area (Å²) in [7, 11) is 0. The van der Waals surface area contributed by atoms with Crippen LogP contribution in [0.3, 0.4) is 0 Å². The lowest BCUT2D eigenvalue weighted by atomic mass is 10.1. The molecule has 2 N–H and O–H groups in total. The van der Waals surface area contributed by atoms with Crippen molar-refractivity contribution in [3.63, 3.8) is 0 Å². The van der Waals surface area contributed by atoms with E-state index in [-0.39, 0.29) is 5.69 Å². The minimum Gasteiger partial charge on any atom is -0.372 e. The normalized spacial score (nSPS) is 14.2. The van der Waals surface area contributed by atoms with Crippen molar-refractivity contribution in [1.82, 2.24) is 5.32 Å². The largest absolute Gasteiger partial charge is 0.372 e. The first-order valence-corrected chi connectivity index (χ1v) is 8.86. The predicted octanol–water partition coefficient (Wildman–Crippen LogP) is 4.44.